The Morgan fingerprint density at radius 2 is 2.27 bits per heavy atom. The van der Waals surface area contributed by atoms with Crippen LogP contribution in [0.5, 0.6) is 0 Å². The van der Waals surface area contributed by atoms with Crippen molar-refractivity contribution < 1.29 is 0 Å². The predicted octanol–water partition coefficient (Wildman–Crippen LogP) is 2.78. The van der Waals surface area contributed by atoms with Gasteiger partial charge in [-0.05, 0) is 17.7 Å². The van der Waals surface area contributed by atoms with Crippen molar-refractivity contribution >= 4 is 23.4 Å². The van der Waals surface area contributed by atoms with Crippen molar-refractivity contribution in [3.63, 3.8) is 0 Å². The Kier molecular flexibility index (Phi) is 1.59. The minimum atomic E-state index is 0.784. The Morgan fingerprint density at radius 1 is 1.36 bits per heavy atom. The SMILES string of the molecule is Clc1ccc2c(c1)NCC=C2. The van der Waals surface area contributed by atoms with Crippen LogP contribution in [0.15, 0.2) is 24.3 Å². The second kappa shape index (κ2) is 2.59. The van der Waals surface area contributed by atoms with E-state index < -0.39 is 0 Å². The van der Waals surface area contributed by atoms with Crippen molar-refractivity contribution in [2.75, 3.05) is 11.9 Å². The van der Waals surface area contributed by atoms with Crippen LogP contribution >= 0.6 is 11.6 Å². The lowest BCUT2D eigenvalue weighted by atomic mass is 10.1. The highest BCUT2D eigenvalue weighted by Gasteiger charge is 2.02. The van der Waals surface area contributed by atoms with Crippen LogP contribution in [0.4, 0.5) is 5.69 Å². The topological polar surface area (TPSA) is 12.0 Å². The summed E-state index contributed by atoms with van der Waals surface area (Å²) in [6, 6.07) is 5.86. The van der Waals surface area contributed by atoms with E-state index in [1.54, 1.807) is 0 Å². The molecule has 1 aromatic rings. The van der Waals surface area contributed by atoms with Gasteiger partial charge in [0, 0.05) is 17.3 Å². The van der Waals surface area contributed by atoms with Crippen LogP contribution in [-0.4, -0.2) is 6.54 Å². The van der Waals surface area contributed by atoms with E-state index in [1.807, 2.05) is 18.2 Å². The molecule has 1 aliphatic heterocycles. The molecule has 1 aliphatic rings. The van der Waals surface area contributed by atoms with Gasteiger partial charge in [-0.1, -0.05) is 29.8 Å². The van der Waals surface area contributed by atoms with E-state index in [4.69, 9.17) is 11.6 Å². The van der Waals surface area contributed by atoms with Crippen LogP contribution in [-0.2, 0) is 0 Å². The molecule has 1 N–H and O–H groups in total. The summed E-state index contributed by atoms with van der Waals surface area (Å²) in [6.07, 6.45) is 4.19. The zero-order valence-corrected chi connectivity index (χ0v) is 6.73. The van der Waals surface area contributed by atoms with Gasteiger partial charge in [-0.2, -0.15) is 0 Å². The lowest BCUT2D eigenvalue weighted by Crippen LogP contribution is -2.03. The first-order valence-electron chi connectivity index (χ1n) is 3.56. The lowest BCUT2D eigenvalue weighted by Gasteiger charge is -2.12. The largest absolute Gasteiger partial charge is 0.381 e. The standard InChI is InChI=1S/C9H8ClN/c10-8-4-3-7-2-1-5-11-9(7)6-8/h1-4,6,11H,5H2. The van der Waals surface area contributed by atoms with Gasteiger partial charge in [-0.3, -0.25) is 0 Å². The predicted molar refractivity (Wildman–Crippen MR) is 49.0 cm³/mol. The number of nitrogens with one attached hydrogen (secondary N) is 1. The second-order valence-corrected chi connectivity index (χ2v) is 2.95. The summed E-state index contributed by atoms with van der Waals surface area (Å²) in [5.41, 5.74) is 2.33. The van der Waals surface area contributed by atoms with Crippen molar-refractivity contribution in [1.82, 2.24) is 0 Å². The van der Waals surface area contributed by atoms with Crippen molar-refractivity contribution in [3.8, 4) is 0 Å². The molecular weight excluding hydrogens is 158 g/mol. The fourth-order valence-electron chi connectivity index (χ4n) is 1.18. The van der Waals surface area contributed by atoms with Gasteiger partial charge in [0.1, 0.15) is 0 Å². The maximum atomic E-state index is 5.81. The number of anilines is 1. The molecule has 56 valence electrons. The molecule has 0 aliphatic carbocycles. The van der Waals surface area contributed by atoms with Crippen LogP contribution in [0, 0.1) is 0 Å². The molecule has 0 saturated heterocycles. The van der Waals surface area contributed by atoms with E-state index in [0.717, 1.165) is 17.3 Å². The maximum absolute atomic E-state index is 5.81. The van der Waals surface area contributed by atoms with Crippen LogP contribution in [0.25, 0.3) is 6.08 Å². The van der Waals surface area contributed by atoms with E-state index >= 15 is 0 Å². The van der Waals surface area contributed by atoms with Crippen LogP contribution < -0.4 is 5.32 Å². The summed E-state index contributed by atoms with van der Waals surface area (Å²) < 4.78 is 0. The minimum Gasteiger partial charge on any atom is -0.381 e. The average Bonchev–Trinajstić information content (AvgIpc) is 2.04. The molecule has 1 nitrogen and oxygen atoms in total. The van der Waals surface area contributed by atoms with Crippen molar-refractivity contribution in [2.45, 2.75) is 0 Å². The molecular formula is C9H8ClN. The highest BCUT2D eigenvalue weighted by atomic mass is 35.5. The summed E-state index contributed by atoms with van der Waals surface area (Å²) in [7, 11) is 0. The molecule has 1 heterocycles. The molecule has 0 fully saturated rings. The van der Waals surface area contributed by atoms with Gasteiger partial charge >= 0.3 is 0 Å². The normalized spacial score (nSPS) is 13.9. The third-order valence-electron chi connectivity index (χ3n) is 1.72. The van der Waals surface area contributed by atoms with Crippen LogP contribution in [0.3, 0.4) is 0 Å². The molecule has 0 amide bonds. The molecule has 0 radical (unpaired) electrons. The Labute approximate surface area is 70.7 Å². The van der Waals surface area contributed by atoms with Gasteiger partial charge in [0.05, 0.1) is 0 Å². The quantitative estimate of drug-likeness (QED) is 0.624. The second-order valence-electron chi connectivity index (χ2n) is 2.51. The Morgan fingerprint density at radius 3 is 3.18 bits per heavy atom. The van der Waals surface area contributed by atoms with Gasteiger partial charge in [0.25, 0.3) is 0 Å². The van der Waals surface area contributed by atoms with Gasteiger partial charge in [0.2, 0.25) is 0 Å². The summed E-state index contributed by atoms with van der Waals surface area (Å²) in [5, 5.41) is 4.02. The zero-order chi connectivity index (χ0) is 7.68. The van der Waals surface area contributed by atoms with E-state index in [1.165, 1.54) is 5.56 Å². The van der Waals surface area contributed by atoms with Crippen molar-refractivity contribution in [1.29, 1.82) is 0 Å². The third-order valence-corrected chi connectivity index (χ3v) is 1.96. The maximum Gasteiger partial charge on any atom is 0.0431 e. The number of fused-ring (bicyclic) bond motifs is 1. The smallest absolute Gasteiger partial charge is 0.0431 e. The molecule has 0 atom stereocenters. The summed E-state index contributed by atoms with van der Waals surface area (Å²) >= 11 is 5.81. The molecule has 2 rings (SSSR count). The fraction of sp³-hybridized carbons (Fsp3) is 0.111. The van der Waals surface area contributed by atoms with E-state index in [0.29, 0.717) is 0 Å². The van der Waals surface area contributed by atoms with Crippen LogP contribution in [0.2, 0.25) is 5.02 Å². The van der Waals surface area contributed by atoms with Gasteiger partial charge in [-0.25, -0.2) is 0 Å². The molecule has 0 aromatic heterocycles. The number of hydrogen-bond acceptors (Lipinski definition) is 1. The number of halogens is 1. The Hall–Kier alpha value is -0.950. The highest BCUT2D eigenvalue weighted by molar-refractivity contribution is 6.30. The first kappa shape index (κ1) is 6.74. The molecule has 0 saturated carbocycles. The molecule has 2 heteroatoms. The molecule has 11 heavy (non-hydrogen) atoms. The number of benzene rings is 1. The van der Waals surface area contributed by atoms with Crippen LogP contribution in [0.1, 0.15) is 5.56 Å². The Bertz CT molecular complexity index is 304. The molecule has 0 bridgehead atoms. The minimum absolute atomic E-state index is 0.784. The number of rotatable bonds is 0. The monoisotopic (exact) mass is 165 g/mol. The van der Waals surface area contributed by atoms with E-state index in [9.17, 15) is 0 Å². The summed E-state index contributed by atoms with van der Waals surface area (Å²) in [6.45, 7) is 0.896. The summed E-state index contributed by atoms with van der Waals surface area (Å²) in [4.78, 5) is 0. The molecule has 1 aromatic carbocycles. The van der Waals surface area contributed by atoms with Gasteiger partial charge in [-0.15, -0.1) is 0 Å². The fourth-order valence-corrected chi connectivity index (χ4v) is 1.35. The number of hydrogen-bond donors (Lipinski definition) is 1. The van der Waals surface area contributed by atoms with Crippen molar-refractivity contribution in [3.05, 3.63) is 34.9 Å². The molecule has 0 unspecified atom stereocenters. The Balaban J connectivity index is 2.53. The van der Waals surface area contributed by atoms with Crippen molar-refractivity contribution in [2.24, 2.45) is 0 Å². The third kappa shape index (κ3) is 1.24. The zero-order valence-electron chi connectivity index (χ0n) is 5.97. The first-order chi connectivity index (χ1) is 5.36. The van der Waals surface area contributed by atoms with Gasteiger partial charge in [0.15, 0.2) is 0 Å². The van der Waals surface area contributed by atoms with E-state index in [2.05, 4.69) is 17.5 Å². The highest BCUT2D eigenvalue weighted by Crippen LogP contribution is 2.23. The first-order valence-corrected chi connectivity index (χ1v) is 3.94. The van der Waals surface area contributed by atoms with Gasteiger partial charge < -0.3 is 5.32 Å². The summed E-state index contributed by atoms with van der Waals surface area (Å²) in [5.74, 6) is 0. The van der Waals surface area contributed by atoms with E-state index in [-0.39, 0.29) is 0 Å². The lowest BCUT2D eigenvalue weighted by molar-refractivity contribution is 1.31. The molecule has 0 spiro atoms. The average molecular weight is 166 g/mol.